The third kappa shape index (κ3) is 3.70. The fraction of sp³-hybridized carbons (Fsp3) is 0.286. The lowest BCUT2D eigenvalue weighted by molar-refractivity contribution is -0.0471. The summed E-state index contributed by atoms with van der Waals surface area (Å²) in [7, 11) is -13.6. The highest BCUT2D eigenvalue weighted by Crippen LogP contribution is 2.40. The van der Waals surface area contributed by atoms with Crippen molar-refractivity contribution >= 4 is 30.4 Å². The number of benzene rings is 2. The molecule has 5 nitrogen and oxygen atoms in total. The molecule has 2 rings (SSSR count). The van der Waals surface area contributed by atoms with Gasteiger partial charge in [-0.25, -0.2) is 16.8 Å². The molecule has 0 heterocycles. The Hall–Kier alpha value is -2.02. The zero-order valence-electron chi connectivity index (χ0n) is 12.9. The van der Waals surface area contributed by atoms with Crippen LogP contribution in [0.25, 0.3) is 10.8 Å². The van der Waals surface area contributed by atoms with E-state index >= 15 is 0 Å². The summed E-state index contributed by atoms with van der Waals surface area (Å²) in [5.41, 5.74) is -13.2. The molecule has 1 N–H and O–H groups in total. The van der Waals surface area contributed by atoms with Crippen molar-refractivity contribution < 1.29 is 48.3 Å². The maximum absolute atomic E-state index is 12.8. The molecule has 0 aromatic heterocycles. The number of rotatable bonds is 4. The Kier molecular flexibility index (Phi) is 5.16. The molecule has 0 fully saturated rings. The van der Waals surface area contributed by atoms with E-state index in [1.54, 1.807) is 0 Å². The molecule has 13 heteroatoms. The summed E-state index contributed by atoms with van der Waals surface area (Å²) in [6.07, 6.45) is -1.74. The van der Waals surface area contributed by atoms with Crippen LogP contribution in [0.1, 0.15) is 5.56 Å². The molecule has 0 atom stereocenters. The average Bonchev–Trinajstić information content (AvgIpc) is 2.51. The Labute approximate surface area is 149 Å². The number of alkyl halides is 6. The topological polar surface area (TPSA) is 88.5 Å². The van der Waals surface area contributed by atoms with Gasteiger partial charge in [0.05, 0.1) is 0 Å². The van der Waals surface area contributed by atoms with E-state index in [2.05, 4.69) is 0 Å². The van der Waals surface area contributed by atoms with Gasteiger partial charge in [0.1, 0.15) is 5.75 Å². The lowest BCUT2D eigenvalue weighted by atomic mass is 10.0. The van der Waals surface area contributed by atoms with E-state index in [1.807, 2.05) is 0 Å². The molecule has 0 aliphatic carbocycles. The summed E-state index contributed by atoms with van der Waals surface area (Å²) in [5, 5.41) is 10.0. The van der Waals surface area contributed by atoms with Crippen molar-refractivity contribution in [2.24, 2.45) is 0 Å². The van der Waals surface area contributed by atoms with Gasteiger partial charge in [-0.3, -0.25) is 0 Å². The number of fused-ring (bicyclic) bond motifs is 1. The number of hydrogen-bond donors (Lipinski definition) is 1. The molecule has 2 aromatic rings. The maximum Gasteiger partial charge on any atom is 0.498 e. The Bertz CT molecular complexity index is 1030. The highest BCUT2D eigenvalue weighted by atomic mass is 32.3. The van der Waals surface area contributed by atoms with Crippen LogP contribution >= 0.6 is 0 Å². The van der Waals surface area contributed by atoms with Crippen LogP contribution in [0.3, 0.4) is 0 Å². The van der Waals surface area contributed by atoms with Gasteiger partial charge in [-0.2, -0.15) is 26.3 Å². The van der Waals surface area contributed by atoms with Crippen LogP contribution in [0.4, 0.5) is 26.3 Å². The van der Waals surface area contributed by atoms with Crippen LogP contribution in [0.15, 0.2) is 36.4 Å². The van der Waals surface area contributed by atoms with E-state index in [4.69, 9.17) is 0 Å². The molecule has 0 spiro atoms. The first-order valence-corrected chi connectivity index (χ1v) is 10.00. The van der Waals surface area contributed by atoms with Gasteiger partial charge < -0.3 is 5.11 Å². The van der Waals surface area contributed by atoms with Crippen LogP contribution in [0.2, 0.25) is 0 Å². The molecule has 0 saturated carbocycles. The number of sulfone groups is 2. The molecular weight excluding hydrogens is 426 g/mol. The Morgan fingerprint density at radius 2 is 1.30 bits per heavy atom. The highest BCUT2D eigenvalue weighted by Gasteiger charge is 2.62. The summed E-state index contributed by atoms with van der Waals surface area (Å²) in [5.74, 6) is -0.839. The van der Waals surface area contributed by atoms with Crippen molar-refractivity contribution in [1.82, 2.24) is 0 Å². The van der Waals surface area contributed by atoms with Crippen LogP contribution in [-0.4, -0.2) is 37.5 Å². The average molecular weight is 436 g/mol. The van der Waals surface area contributed by atoms with Crippen LogP contribution in [0.5, 0.6) is 5.75 Å². The zero-order chi connectivity index (χ0) is 20.8. The molecular formula is C14H10F6O5S2. The zero-order valence-corrected chi connectivity index (χ0v) is 14.5. The molecule has 150 valence electrons. The van der Waals surface area contributed by atoms with E-state index in [0.717, 1.165) is 6.07 Å². The molecule has 0 unspecified atom stereocenters. The van der Waals surface area contributed by atoms with Gasteiger partial charge in [0.15, 0.2) is 4.58 Å². The maximum atomic E-state index is 12.8. The summed E-state index contributed by atoms with van der Waals surface area (Å²) >= 11 is 0. The molecule has 0 aliphatic rings. The van der Waals surface area contributed by atoms with E-state index in [-0.39, 0.29) is 10.8 Å². The van der Waals surface area contributed by atoms with Crippen LogP contribution < -0.4 is 0 Å². The smallest absolute Gasteiger partial charge is 0.498 e. The Balaban J connectivity index is 2.78. The lowest BCUT2D eigenvalue weighted by Crippen LogP contribution is -2.46. The molecule has 0 saturated heterocycles. The van der Waals surface area contributed by atoms with Gasteiger partial charge in [-0.1, -0.05) is 30.3 Å². The van der Waals surface area contributed by atoms with Gasteiger partial charge >= 0.3 is 11.0 Å². The standard InChI is InChI=1S/C14H10F6O5S2/c15-13(16,17)26(22,23)12(27(24,25)14(18,19)20)7-10-9-4-2-1-3-8(9)5-6-11(10)21/h1-6,12,21H,7H2. The number of aromatic hydroxyl groups is 1. The first-order chi connectivity index (χ1) is 12.1. The lowest BCUT2D eigenvalue weighted by Gasteiger charge is -2.22. The largest absolute Gasteiger partial charge is 0.508 e. The molecule has 0 bridgehead atoms. The van der Waals surface area contributed by atoms with Crippen molar-refractivity contribution in [1.29, 1.82) is 0 Å². The van der Waals surface area contributed by atoms with Gasteiger partial charge in [-0.15, -0.1) is 0 Å². The quantitative estimate of drug-likeness (QED) is 0.744. The fourth-order valence-corrected chi connectivity index (χ4v) is 5.75. The second-order valence-electron chi connectivity index (χ2n) is 5.40. The minimum atomic E-state index is -6.78. The summed E-state index contributed by atoms with van der Waals surface area (Å²) < 4.78 is 120. The number of phenolic OH excluding ortho intramolecular Hbond substituents is 1. The summed E-state index contributed by atoms with van der Waals surface area (Å²) in [6.45, 7) is 0. The third-order valence-corrected chi connectivity index (χ3v) is 8.25. The normalized spacial score (nSPS) is 14.0. The molecule has 0 aliphatic heterocycles. The van der Waals surface area contributed by atoms with E-state index in [1.165, 1.54) is 30.3 Å². The SMILES string of the molecule is O=S(=O)(C(Cc1c(O)ccc2ccccc12)S(=O)(=O)C(F)(F)F)C(F)(F)F. The molecule has 0 radical (unpaired) electrons. The minimum Gasteiger partial charge on any atom is -0.508 e. The van der Waals surface area contributed by atoms with Crippen molar-refractivity contribution in [3.05, 3.63) is 42.0 Å². The van der Waals surface area contributed by atoms with Gasteiger partial charge in [0.2, 0.25) is 0 Å². The second kappa shape index (κ2) is 6.55. The van der Waals surface area contributed by atoms with Crippen molar-refractivity contribution in [3.63, 3.8) is 0 Å². The summed E-state index contributed by atoms with van der Waals surface area (Å²) in [4.78, 5) is 0. The van der Waals surface area contributed by atoms with Crippen LogP contribution in [-0.2, 0) is 26.1 Å². The van der Waals surface area contributed by atoms with Crippen molar-refractivity contribution in [2.45, 2.75) is 22.0 Å². The first kappa shape index (κ1) is 21.3. The number of hydrogen-bond acceptors (Lipinski definition) is 5. The number of phenols is 1. The minimum absolute atomic E-state index is 0.0859. The molecule has 0 amide bonds. The van der Waals surface area contributed by atoms with Gasteiger partial charge in [0.25, 0.3) is 19.7 Å². The molecule has 2 aromatic carbocycles. The number of halogens is 6. The summed E-state index contributed by atoms with van der Waals surface area (Å²) in [6, 6.07) is 7.58. The van der Waals surface area contributed by atoms with Crippen molar-refractivity contribution in [2.75, 3.05) is 0 Å². The van der Waals surface area contributed by atoms with Crippen LogP contribution in [0, 0.1) is 0 Å². The first-order valence-electron chi connectivity index (χ1n) is 6.90. The monoisotopic (exact) mass is 436 g/mol. The van der Waals surface area contributed by atoms with E-state index < -0.39 is 53.0 Å². The second-order valence-corrected chi connectivity index (χ2v) is 9.94. The van der Waals surface area contributed by atoms with E-state index in [0.29, 0.717) is 0 Å². The predicted molar refractivity (Wildman–Crippen MR) is 83.1 cm³/mol. The van der Waals surface area contributed by atoms with Crippen molar-refractivity contribution in [3.8, 4) is 5.75 Å². The predicted octanol–water partition coefficient (Wildman–Crippen LogP) is 3.28. The molecule has 27 heavy (non-hydrogen) atoms. The fourth-order valence-electron chi connectivity index (χ4n) is 2.39. The van der Waals surface area contributed by atoms with Gasteiger partial charge in [0, 0.05) is 12.0 Å². The Morgan fingerprint density at radius 3 is 1.78 bits per heavy atom. The van der Waals surface area contributed by atoms with E-state index in [9.17, 15) is 48.3 Å². The third-order valence-electron chi connectivity index (χ3n) is 3.72. The Morgan fingerprint density at radius 1 is 0.815 bits per heavy atom. The highest BCUT2D eigenvalue weighted by molar-refractivity contribution is 8.09. The van der Waals surface area contributed by atoms with Gasteiger partial charge in [-0.05, 0) is 16.8 Å².